The van der Waals surface area contributed by atoms with Gasteiger partial charge in [-0.05, 0) is 139 Å². The summed E-state index contributed by atoms with van der Waals surface area (Å²) in [5, 5.41) is 19.9. The van der Waals surface area contributed by atoms with Crippen LogP contribution in [0, 0.1) is 34.3 Å². The molecule has 6 fully saturated rings. The van der Waals surface area contributed by atoms with Gasteiger partial charge in [0.05, 0.1) is 70.7 Å². The second-order valence-corrected chi connectivity index (χ2v) is 20.9. The highest BCUT2D eigenvalue weighted by Crippen LogP contribution is 2.61. The van der Waals surface area contributed by atoms with E-state index in [2.05, 4.69) is 52.0 Å². The maximum absolute atomic E-state index is 13.9. The number of amides is 4. The van der Waals surface area contributed by atoms with Gasteiger partial charge in [-0.3, -0.25) is 19.2 Å². The number of benzene rings is 4. The van der Waals surface area contributed by atoms with Crippen molar-refractivity contribution >= 4 is 67.3 Å². The molecule has 4 aliphatic carbocycles. The Balaban J connectivity index is 0.000000130. The van der Waals surface area contributed by atoms with Crippen LogP contribution in [0.3, 0.4) is 0 Å². The fourth-order valence-corrected chi connectivity index (χ4v) is 10.8. The highest BCUT2D eigenvalue weighted by Gasteiger charge is 2.67. The molecule has 2 aliphatic heterocycles. The lowest BCUT2D eigenvalue weighted by Crippen LogP contribution is -2.44. The standard InChI is InChI=1S/C28H24FN5O2.C16H18N2O2.C12H7BrFN3.C2H6/c29-20-8-10-21(11-9-20)34-25-19(15-31-34)14-22(16-30-25)33-23(17-4-2-1-3-5-17)24(28(12-13-28)27(33)36)32-26(35)18-6-7-18;19-14(11-6-7-11)18-13-12(10-4-2-1-3-5-10)17-15(20)16(13)8-9-16;13-9-5-8-6-16-17(12(8)15-7-9)11-3-1-10(14)2-4-11;1-2/h1-5,8-11,14-16,18,23-24H,6-7,12-13H2,(H,32,35);1-5,11-13H,6-9H2,(H,17,20)(H,18,19);1-7H;1-2H3/t23-,24-;12-,13-;;/m11../s1. The third kappa shape index (κ3) is 9.69. The first-order valence-electron chi connectivity index (χ1n) is 25.7. The van der Waals surface area contributed by atoms with Gasteiger partial charge in [0.15, 0.2) is 11.3 Å². The number of halogens is 3. The summed E-state index contributed by atoms with van der Waals surface area (Å²) in [6.45, 7) is 4.00. The number of pyridine rings is 2. The van der Waals surface area contributed by atoms with Crippen LogP contribution in [0.4, 0.5) is 14.5 Å². The Kier molecular flexibility index (Phi) is 13.4. The van der Waals surface area contributed by atoms with Crippen LogP contribution < -0.4 is 20.9 Å². The molecule has 75 heavy (non-hydrogen) atoms. The molecule has 2 spiro atoms. The van der Waals surface area contributed by atoms with Gasteiger partial charge in [-0.2, -0.15) is 10.2 Å². The minimum atomic E-state index is -0.571. The predicted octanol–water partition coefficient (Wildman–Crippen LogP) is 10.2. The van der Waals surface area contributed by atoms with E-state index in [-0.39, 0.29) is 76.7 Å². The van der Waals surface area contributed by atoms with Crippen LogP contribution in [0.5, 0.6) is 0 Å². The first-order valence-corrected chi connectivity index (χ1v) is 26.5. The van der Waals surface area contributed by atoms with E-state index in [1.165, 1.54) is 24.3 Å². The molecule has 0 unspecified atom stereocenters. The summed E-state index contributed by atoms with van der Waals surface area (Å²) in [6, 6.07) is 35.1. The molecule has 4 atom stereocenters. The Hall–Kier alpha value is -7.66. The zero-order valence-corrected chi connectivity index (χ0v) is 43.0. The first kappa shape index (κ1) is 49.5. The predicted molar refractivity (Wildman–Crippen MR) is 283 cm³/mol. The van der Waals surface area contributed by atoms with Crippen molar-refractivity contribution in [2.45, 2.75) is 89.4 Å². The fraction of sp³-hybridized carbons (Fsp3) is 0.310. The molecular formula is C58H55BrF2N10O4. The molecule has 4 aromatic carbocycles. The van der Waals surface area contributed by atoms with Gasteiger partial charge < -0.3 is 20.9 Å². The molecule has 3 N–H and O–H groups in total. The summed E-state index contributed by atoms with van der Waals surface area (Å²) in [6.07, 6.45) is 13.9. The zero-order valence-electron chi connectivity index (χ0n) is 41.4. The van der Waals surface area contributed by atoms with Crippen molar-refractivity contribution in [3.63, 3.8) is 0 Å². The average molecular weight is 1070 g/mol. The lowest BCUT2D eigenvalue weighted by molar-refractivity contribution is -0.126. The molecule has 4 amide bonds. The molecule has 17 heteroatoms. The SMILES string of the molecule is CC.Fc1ccc(-n2ncc3cc(Br)cnc32)cc1.O=C(N[C@@H]1[C@@H](c2ccccc2)N(c2cnc3c(cnn3-c3ccc(F)cc3)c2)C(=O)C12CC2)C1CC1.O=C(N[C@@H]1[C@@H](c2ccccc2)NC(=O)C12CC2)C1CC1. The van der Waals surface area contributed by atoms with Crippen LogP contribution in [-0.4, -0.2) is 65.2 Å². The number of nitrogens with one attached hydrogen (secondary N) is 3. The number of hydrogen-bond acceptors (Lipinski definition) is 8. The molecule has 2 saturated heterocycles. The summed E-state index contributed by atoms with van der Waals surface area (Å²) < 4.78 is 30.5. The quantitative estimate of drug-likeness (QED) is 0.128. The van der Waals surface area contributed by atoms with E-state index >= 15 is 0 Å². The summed E-state index contributed by atoms with van der Waals surface area (Å²) >= 11 is 3.36. The van der Waals surface area contributed by atoms with Crippen LogP contribution in [0.15, 0.2) is 151 Å². The van der Waals surface area contributed by atoms with Crippen molar-refractivity contribution in [1.82, 2.24) is 45.5 Å². The number of aromatic nitrogens is 6. The van der Waals surface area contributed by atoms with E-state index in [1.807, 2.05) is 91.5 Å². The Morgan fingerprint density at radius 3 is 1.59 bits per heavy atom. The molecule has 4 aromatic heterocycles. The Morgan fingerprint density at radius 1 is 0.600 bits per heavy atom. The Morgan fingerprint density at radius 2 is 1.08 bits per heavy atom. The largest absolute Gasteiger partial charge is 0.350 e. The molecule has 14 rings (SSSR count). The van der Waals surface area contributed by atoms with Gasteiger partial charge in [0, 0.05) is 33.3 Å². The number of rotatable bonds is 9. The molecule has 0 radical (unpaired) electrons. The van der Waals surface area contributed by atoms with Crippen molar-refractivity contribution in [2.24, 2.45) is 22.7 Å². The van der Waals surface area contributed by atoms with Gasteiger partial charge in [0.1, 0.15) is 11.6 Å². The number of anilines is 1. The van der Waals surface area contributed by atoms with E-state index in [1.54, 1.807) is 58.4 Å². The van der Waals surface area contributed by atoms with E-state index < -0.39 is 5.41 Å². The maximum atomic E-state index is 13.9. The molecule has 6 heterocycles. The summed E-state index contributed by atoms with van der Waals surface area (Å²) in [7, 11) is 0. The van der Waals surface area contributed by atoms with Crippen molar-refractivity contribution in [3.05, 3.63) is 173 Å². The van der Waals surface area contributed by atoms with Gasteiger partial charge in [-0.1, -0.05) is 74.5 Å². The van der Waals surface area contributed by atoms with Gasteiger partial charge in [-0.15, -0.1) is 0 Å². The van der Waals surface area contributed by atoms with Crippen molar-refractivity contribution in [1.29, 1.82) is 0 Å². The molecular weight excluding hydrogens is 1020 g/mol. The van der Waals surface area contributed by atoms with Gasteiger partial charge in [0.25, 0.3) is 0 Å². The lowest BCUT2D eigenvalue weighted by Gasteiger charge is -2.29. The van der Waals surface area contributed by atoms with Crippen LogP contribution in [-0.2, 0) is 19.2 Å². The van der Waals surface area contributed by atoms with E-state index in [0.717, 1.165) is 89.1 Å². The van der Waals surface area contributed by atoms with Gasteiger partial charge in [-0.25, -0.2) is 28.1 Å². The third-order valence-corrected chi connectivity index (χ3v) is 15.5. The van der Waals surface area contributed by atoms with Gasteiger partial charge >= 0.3 is 0 Å². The highest BCUT2D eigenvalue weighted by molar-refractivity contribution is 9.10. The number of carbonyl (C=O) groups excluding carboxylic acids is 4. The van der Waals surface area contributed by atoms with E-state index in [0.29, 0.717) is 17.0 Å². The molecule has 8 aromatic rings. The van der Waals surface area contributed by atoms with Crippen molar-refractivity contribution in [2.75, 3.05) is 4.90 Å². The van der Waals surface area contributed by atoms with Crippen LogP contribution in [0.25, 0.3) is 33.4 Å². The minimum Gasteiger partial charge on any atom is -0.350 e. The summed E-state index contributed by atoms with van der Waals surface area (Å²) in [4.78, 5) is 61.9. The second kappa shape index (κ2) is 20.2. The minimum absolute atomic E-state index is 0.0320. The molecule has 0 bridgehead atoms. The van der Waals surface area contributed by atoms with E-state index in [9.17, 15) is 28.0 Å². The Bertz CT molecular complexity index is 3410. The van der Waals surface area contributed by atoms with E-state index in [4.69, 9.17) is 0 Å². The molecule has 4 saturated carbocycles. The number of fused-ring (bicyclic) bond motifs is 2. The molecule has 14 nitrogen and oxygen atoms in total. The molecule has 382 valence electrons. The smallest absolute Gasteiger partial charge is 0.236 e. The van der Waals surface area contributed by atoms with Crippen LogP contribution in [0.2, 0.25) is 0 Å². The summed E-state index contributed by atoms with van der Waals surface area (Å²) in [5.41, 5.74) is 4.68. The number of hydrogen-bond donors (Lipinski definition) is 3. The molecule has 6 aliphatic rings. The third-order valence-electron chi connectivity index (χ3n) is 15.1. The normalized spacial score (nSPS) is 21.3. The van der Waals surface area contributed by atoms with Crippen molar-refractivity contribution < 1.29 is 28.0 Å². The van der Waals surface area contributed by atoms with Gasteiger partial charge in [0.2, 0.25) is 23.6 Å². The van der Waals surface area contributed by atoms with Crippen LogP contribution >= 0.6 is 15.9 Å². The maximum Gasteiger partial charge on any atom is 0.236 e. The number of nitrogens with zero attached hydrogens (tertiary/aromatic N) is 7. The zero-order chi connectivity index (χ0) is 52.0. The first-order chi connectivity index (χ1) is 36.5. The second-order valence-electron chi connectivity index (χ2n) is 20.0. The monoisotopic (exact) mass is 1070 g/mol. The Labute approximate surface area is 440 Å². The fourth-order valence-electron chi connectivity index (χ4n) is 10.5. The average Bonchev–Trinajstić information content (AvgIpc) is 4.27. The lowest BCUT2D eigenvalue weighted by atomic mass is 9.91. The summed E-state index contributed by atoms with van der Waals surface area (Å²) in [5.74, 6) is -0.0236. The highest BCUT2D eigenvalue weighted by atomic mass is 79.9. The number of carbonyl (C=O) groups is 4. The van der Waals surface area contributed by atoms with Crippen molar-refractivity contribution in [3.8, 4) is 11.4 Å². The van der Waals surface area contributed by atoms with Crippen LogP contribution in [0.1, 0.15) is 88.4 Å². The topological polar surface area (TPSA) is 169 Å².